The Hall–Kier alpha value is -2.04. The van der Waals surface area contributed by atoms with Gasteiger partial charge in [0.25, 0.3) is 0 Å². The molecule has 11 heteroatoms. The van der Waals surface area contributed by atoms with Gasteiger partial charge in [-0.3, -0.25) is 4.90 Å². The van der Waals surface area contributed by atoms with Crippen LogP contribution in [-0.2, 0) is 35.1 Å². The second-order valence-corrected chi connectivity index (χ2v) is 10.1. The lowest BCUT2D eigenvalue weighted by Crippen LogP contribution is -2.63. The first-order valence-corrected chi connectivity index (χ1v) is 14.0. The highest BCUT2D eigenvalue weighted by Crippen LogP contribution is 2.35. The molecule has 0 aliphatic carbocycles. The van der Waals surface area contributed by atoms with Gasteiger partial charge in [0.1, 0.15) is 11.4 Å². The second-order valence-electron chi connectivity index (χ2n) is 8.79. The number of hydrogen-bond donors (Lipinski definition) is 0. The molecular weight excluding hydrogens is 582 g/mol. The molecule has 1 aromatic carbocycles. The van der Waals surface area contributed by atoms with Crippen LogP contribution in [-0.4, -0.2) is 67.6 Å². The first-order chi connectivity index (χ1) is 17.9. The summed E-state index contributed by atoms with van der Waals surface area (Å²) in [5, 5.41) is 0.351. The predicted molar refractivity (Wildman–Crippen MR) is 151 cm³/mol. The van der Waals surface area contributed by atoms with E-state index in [4.69, 9.17) is 35.3 Å². The van der Waals surface area contributed by atoms with Crippen LogP contribution in [0.1, 0.15) is 73.8 Å². The van der Waals surface area contributed by atoms with Crippen molar-refractivity contribution in [3.05, 3.63) is 27.2 Å². The van der Waals surface area contributed by atoms with Crippen LogP contribution in [0, 0.1) is 0 Å². The number of esters is 2. The Kier molecular flexibility index (Phi) is 16.6. The molecule has 0 heterocycles. The van der Waals surface area contributed by atoms with Gasteiger partial charge in [-0.2, -0.15) is 0 Å². The molecule has 0 radical (unpaired) electrons. The van der Waals surface area contributed by atoms with E-state index in [9.17, 15) is 14.4 Å². The van der Waals surface area contributed by atoms with Crippen molar-refractivity contribution in [2.45, 2.75) is 85.9 Å². The molecule has 0 N–H and O–H groups in total. The summed E-state index contributed by atoms with van der Waals surface area (Å²) >= 11 is 9.83. The molecule has 0 aliphatic rings. The molecule has 0 unspecified atom stereocenters. The van der Waals surface area contributed by atoms with Crippen LogP contribution < -0.4 is 4.74 Å². The fourth-order valence-electron chi connectivity index (χ4n) is 3.32. The molecule has 1 aromatic rings. The smallest absolute Gasteiger partial charge is 0.412 e. The Morgan fingerprint density at radius 2 is 1.53 bits per heavy atom. The van der Waals surface area contributed by atoms with Gasteiger partial charge in [-0.1, -0.05) is 48.3 Å². The fraction of sp³-hybridized carbons (Fsp3) is 0.667. The molecule has 1 rings (SSSR count). The summed E-state index contributed by atoms with van der Waals surface area (Å²) in [5.74, 6) is -1.43. The van der Waals surface area contributed by atoms with Gasteiger partial charge < -0.3 is 23.7 Å². The Balaban J connectivity index is 0.00000667. The Bertz CT molecular complexity index is 886. The number of nitrogens with zero attached hydrogens (tertiary/aromatic N) is 1. The maximum atomic E-state index is 13.5. The lowest BCUT2D eigenvalue weighted by Gasteiger charge is -2.39. The van der Waals surface area contributed by atoms with Crippen LogP contribution >= 0.6 is 27.5 Å². The minimum Gasteiger partial charge on any atom is -0.492 e. The van der Waals surface area contributed by atoms with Crippen LogP contribution in [0.4, 0.5) is 4.79 Å². The summed E-state index contributed by atoms with van der Waals surface area (Å²) < 4.78 is 27.5. The van der Waals surface area contributed by atoms with E-state index in [1.54, 1.807) is 60.8 Å². The van der Waals surface area contributed by atoms with Crippen LogP contribution in [0.3, 0.4) is 0 Å². The van der Waals surface area contributed by atoms with Crippen molar-refractivity contribution in [1.82, 2.24) is 4.90 Å². The van der Waals surface area contributed by atoms with E-state index in [1.165, 1.54) is 0 Å². The molecule has 0 aliphatic heterocycles. The normalized spacial score (nSPS) is 11.1. The summed E-state index contributed by atoms with van der Waals surface area (Å²) in [6, 6.07) is 3.27. The van der Waals surface area contributed by atoms with E-state index in [0.717, 1.165) is 4.90 Å². The number of amides is 1. The maximum absolute atomic E-state index is 13.5. The average Bonchev–Trinajstić information content (AvgIpc) is 2.84. The average molecular weight is 625 g/mol. The number of hydrogen-bond acceptors (Lipinski definition) is 8. The Morgan fingerprint density at radius 1 is 0.974 bits per heavy atom. The monoisotopic (exact) mass is 623 g/mol. The maximum Gasteiger partial charge on any atom is 0.412 e. The van der Waals surface area contributed by atoms with Gasteiger partial charge in [0.15, 0.2) is 0 Å². The molecule has 0 saturated carbocycles. The zero-order valence-corrected chi connectivity index (χ0v) is 26.4. The van der Waals surface area contributed by atoms with Crippen LogP contribution in [0.25, 0.3) is 0 Å². The summed E-state index contributed by atoms with van der Waals surface area (Å²) in [6.07, 6.45) is -0.336. The first kappa shape index (κ1) is 36.0. The molecular formula is C27H43BrClNO8. The van der Waals surface area contributed by atoms with Gasteiger partial charge in [0.2, 0.25) is 5.54 Å². The summed E-state index contributed by atoms with van der Waals surface area (Å²) in [7, 11) is 1.60. The van der Waals surface area contributed by atoms with Crippen LogP contribution in [0.15, 0.2) is 16.6 Å². The van der Waals surface area contributed by atoms with Gasteiger partial charge in [0, 0.05) is 24.6 Å². The number of rotatable bonds is 13. The molecule has 1 amide bonds. The number of carbonyl (C=O) groups excluding carboxylic acids is 3. The molecule has 0 atom stereocenters. The third-order valence-electron chi connectivity index (χ3n) is 4.99. The zero-order chi connectivity index (χ0) is 29.5. The van der Waals surface area contributed by atoms with E-state index in [0.29, 0.717) is 40.4 Å². The van der Waals surface area contributed by atoms with Crippen molar-refractivity contribution in [2.75, 3.05) is 33.5 Å². The Labute approximate surface area is 240 Å². The molecule has 0 spiro atoms. The lowest BCUT2D eigenvalue weighted by molar-refractivity contribution is -0.175. The van der Waals surface area contributed by atoms with Crippen molar-refractivity contribution in [2.24, 2.45) is 0 Å². The molecule has 0 fully saturated rings. The van der Waals surface area contributed by atoms with Crippen molar-refractivity contribution in [1.29, 1.82) is 0 Å². The minimum atomic E-state index is -2.08. The van der Waals surface area contributed by atoms with Gasteiger partial charge in [0.05, 0.1) is 31.4 Å². The van der Waals surface area contributed by atoms with Crippen LogP contribution in [0.5, 0.6) is 5.75 Å². The van der Waals surface area contributed by atoms with Crippen molar-refractivity contribution < 1.29 is 38.1 Å². The topological polar surface area (TPSA) is 101 Å². The van der Waals surface area contributed by atoms with Crippen LogP contribution in [0.2, 0.25) is 5.02 Å². The molecule has 218 valence electrons. The highest BCUT2D eigenvalue weighted by atomic mass is 79.9. The molecule has 0 bridgehead atoms. The number of carbonyl (C=O) groups is 3. The predicted octanol–water partition coefficient (Wildman–Crippen LogP) is 6.56. The number of halogens is 2. The standard InChI is InChI=1S/C25H37BrClNO8.C2H6/c1-8-25(21(29)33-9-2,22(30)34-10-3)28(23(31)36-24(4,5)6)16-17-14-20(19(27)15-18(17)26)35-13-11-12-32-7;1-2/h14-15H,8-13,16H2,1-7H3;1-2H3. The molecule has 38 heavy (non-hydrogen) atoms. The number of ether oxygens (including phenoxy) is 5. The lowest BCUT2D eigenvalue weighted by atomic mass is 9.93. The van der Waals surface area contributed by atoms with Gasteiger partial charge in [-0.05, 0) is 58.7 Å². The minimum absolute atomic E-state index is 0.00620. The van der Waals surface area contributed by atoms with Gasteiger partial charge >= 0.3 is 18.0 Å². The highest BCUT2D eigenvalue weighted by Gasteiger charge is 2.55. The summed E-state index contributed by atoms with van der Waals surface area (Å²) in [4.78, 5) is 41.1. The van der Waals surface area contributed by atoms with E-state index < -0.39 is 29.2 Å². The second kappa shape index (κ2) is 17.5. The highest BCUT2D eigenvalue weighted by molar-refractivity contribution is 9.10. The van der Waals surface area contributed by atoms with Gasteiger partial charge in [-0.25, -0.2) is 14.4 Å². The van der Waals surface area contributed by atoms with E-state index in [1.807, 2.05) is 13.8 Å². The molecule has 9 nitrogen and oxygen atoms in total. The zero-order valence-electron chi connectivity index (χ0n) is 24.1. The Morgan fingerprint density at radius 3 is 1.97 bits per heavy atom. The number of methoxy groups -OCH3 is 1. The van der Waals surface area contributed by atoms with Crippen molar-refractivity contribution in [3.63, 3.8) is 0 Å². The van der Waals surface area contributed by atoms with E-state index in [2.05, 4.69) is 15.9 Å². The largest absolute Gasteiger partial charge is 0.492 e. The summed E-state index contributed by atoms with van der Waals surface area (Å²) in [6.45, 7) is 14.6. The van der Waals surface area contributed by atoms with E-state index >= 15 is 0 Å². The van der Waals surface area contributed by atoms with Crippen molar-refractivity contribution >= 4 is 45.6 Å². The van der Waals surface area contributed by atoms with Crippen molar-refractivity contribution in [3.8, 4) is 5.75 Å². The number of benzene rings is 1. The fourth-order valence-corrected chi connectivity index (χ4v) is 4.13. The van der Waals surface area contributed by atoms with E-state index in [-0.39, 0.29) is 26.2 Å². The third kappa shape index (κ3) is 10.3. The third-order valence-corrected chi connectivity index (χ3v) is 6.03. The molecule has 0 aromatic heterocycles. The quantitative estimate of drug-likeness (QED) is 0.105. The first-order valence-electron chi connectivity index (χ1n) is 12.8. The molecule has 0 saturated heterocycles. The summed E-state index contributed by atoms with van der Waals surface area (Å²) in [5.41, 5.74) is -2.45. The van der Waals surface area contributed by atoms with Gasteiger partial charge in [-0.15, -0.1) is 0 Å². The SMILES string of the molecule is CC.CCOC(=O)C(CC)(C(=O)OCC)N(Cc1cc(OCCCOC)c(Cl)cc1Br)C(=O)OC(C)(C)C.